The summed E-state index contributed by atoms with van der Waals surface area (Å²) in [4.78, 5) is 0. The molecule has 0 saturated heterocycles. The van der Waals surface area contributed by atoms with E-state index >= 15 is 0 Å². The highest BCUT2D eigenvalue weighted by Crippen LogP contribution is 2.37. The van der Waals surface area contributed by atoms with Crippen LogP contribution in [0.5, 0.6) is 5.75 Å². The van der Waals surface area contributed by atoms with Gasteiger partial charge in [0.2, 0.25) is 0 Å². The number of phenolic OH excluding ortho intramolecular Hbond substituents is 1. The lowest BCUT2D eigenvalue weighted by Crippen LogP contribution is -1.87. The summed E-state index contributed by atoms with van der Waals surface area (Å²) < 4.78 is 5.80. The number of hydrogen-bond donors (Lipinski definition) is 1. The predicted octanol–water partition coefficient (Wildman–Crippen LogP) is 3.80. The van der Waals surface area contributed by atoms with Crippen LogP contribution in [0.3, 0.4) is 0 Å². The first-order valence-corrected chi connectivity index (χ1v) is 5.55. The summed E-state index contributed by atoms with van der Waals surface area (Å²) in [6, 6.07) is 7.34. The fraction of sp³-hybridized carbons (Fsp3) is 0.385. The summed E-state index contributed by atoms with van der Waals surface area (Å²) in [6.07, 6.45) is 5.11. The SMILES string of the molecule is Oc1ccc2oc(C3CCCC3)cc2c1. The van der Waals surface area contributed by atoms with Crippen LogP contribution in [0, 0.1) is 0 Å². The summed E-state index contributed by atoms with van der Waals surface area (Å²) in [5, 5.41) is 10.4. The Morgan fingerprint density at radius 1 is 1.13 bits per heavy atom. The molecule has 1 heterocycles. The molecule has 2 nitrogen and oxygen atoms in total. The van der Waals surface area contributed by atoms with Gasteiger partial charge in [-0.2, -0.15) is 0 Å². The van der Waals surface area contributed by atoms with Crippen LogP contribution in [0.1, 0.15) is 37.4 Å². The van der Waals surface area contributed by atoms with E-state index in [2.05, 4.69) is 6.07 Å². The Labute approximate surface area is 88.5 Å². The van der Waals surface area contributed by atoms with Crippen molar-refractivity contribution in [1.82, 2.24) is 0 Å². The lowest BCUT2D eigenvalue weighted by molar-refractivity contribution is 0.474. The average molecular weight is 202 g/mol. The average Bonchev–Trinajstić information content (AvgIpc) is 2.84. The second-order valence-corrected chi connectivity index (χ2v) is 4.35. The van der Waals surface area contributed by atoms with Gasteiger partial charge in [0.05, 0.1) is 0 Å². The van der Waals surface area contributed by atoms with Gasteiger partial charge < -0.3 is 9.52 Å². The van der Waals surface area contributed by atoms with E-state index in [0.717, 1.165) is 16.7 Å². The minimum atomic E-state index is 0.307. The van der Waals surface area contributed by atoms with Crippen molar-refractivity contribution in [1.29, 1.82) is 0 Å². The van der Waals surface area contributed by atoms with E-state index < -0.39 is 0 Å². The van der Waals surface area contributed by atoms with E-state index in [4.69, 9.17) is 4.42 Å². The molecule has 0 amide bonds. The summed E-state index contributed by atoms with van der Waals surface area (Å²) >= 11 is 0. The van der Waals surface area contributed by atoms with Crippen LogP contribution in [0.25, 0.3) is 11.0 Å². The zero-order valence-corrected chi connectivity index (χ0v) is 8.57. The van der Waals surface area contributed by atoms with Gasteiger partial charge in [-0.1, -0.05) is 12.8 Å². The minimum Gasteiger partial charge on any atom is -0.508 e. The molecule has 78 valence electrons. The van der Waals surface area contributed by atoms with Crippen molar-refractivity contribution in [3.63, 3.8) is 0 Å². The highest BCUT2D eigenvalue weighted by atomic mass is 16.3. The van der Waals surface area contributed by atoms with Crippen LogP contribution in [0.4, 0.5) is 0 Å². The van der Waals surface area contributed by atoms with Gasteiger partial charge in [0, 0.05) is 11.3 Å². The number of fused-ring (bicyclic) bond motifs is 1. The van der Waals surface area contributed by atoms with Gasteiger partial charge in [0.15, 0.2) is 0 Å². The molecule has 0 bridgehead atoms. The molecule has 0 atom stereocenters. The van der Waals surface area contributed by atoms with Crippen molar-refractivity contribution in [3.05, 3.63) is 30.0 Å². The van der Waals surface area contributed by atoms with Crippen LogP contribution < -0.4 is 0 Å². The third kappa shape index (κ3) is 1.50. The zero-order chi connectivity index (χ0) is 10.3. The molecule has 0 aliphatic heterocycles. The molecule has 0 radical (unpaired) electrons. The van der Waals surface area contributed by atoms with Crippen molar-refractivity contribution < 1.29 is 9.52 Å². The van der Waals surface area contributed by atoms with Crippen LogP contribution in [0.15, 0.2) is 28.7 Å². The van der Waals surface area contributed by atoms with E-state index in [1.54, 1.807) is 12.1 Å². The van der Waals surface area contributed by atoms with Crippen molar-refractivity contribution in [3.8, 4) is 5.75 Å². The number of furan rings is 1. The molecule has 1 aliphatic carbocycles. The van der Waals surface area contributed by atoms with Gasteiger partial charge in [0.25, 0.3) is 0 Å². The van der Waals surface area contributed by atoms with E-state index in [9.17, 15) is 5.11 Å². The third-order valence-electron chi connectivity index (χ3n) is 3.28. The Kier molecular flexibility index (Phi) is 1.94. The molecule has 3 rings (SSSR count). The molecule has 1 fully saturated rings. The Morgan fingerprint density at radius 3 is 2.73 bits per heavy atom. The maximum absolute atomic E-state index is 9.36. The lowest BCUT2D eigenvalue weighted by Gasteiger charge is -2.02. The van der Waals surface area contributed by atoms with E-state index in [1.165, 1.54) is 25.7 Å². The first kappa shape index (κ1) is 8.84. The molecule has 0 spiro atoms. The van der Waals surface area contributed by atoms with Crippen LogP contribution in [0.2, 0.25) is 0 Å². The maximum atomic E-state index is 9.36. The van der Waals surface area contributed by atoms with Crippen LogP contribution in [-0.4, -0.2) is 5.11 Å². The maximum Gasteiger partial charge on any atom is 0.134 e. The molecule has 2 aromatic rings. The quantitative estimate of drug-likeness (QED) is 0.763. The van der Waals surface area contributed by atoms with Crippen molar-refractivity contribution in [2.45, 2.75) is 31.6 Å². The third-order valence-corrected chi connectivity index (χ3v) is 3.28. The van der Waals surface area contributed by atoms with Gasteiger partial charge in [0.1, 0.15) is 17.1 Å². The summed E-state index contributed by atoms with van der Waals surface area (Å²) in [5.41, 5.74) is 0.884. The fourth-order valence-electron chi connectivity index (χ4n) is 2.46. The molecule has 1 aromatic carbocycles. The van der Waals surface area contributed by atoms with Crippen molar-refractivity contribution >= 4 is 11.0 Å². The lowest BCUT2D eigenvalue weighted by atomic mass is 10.1. The highest BCUT2D eigenvalue weighted by Gasteiger charge is 2.20. The predicted molar refractivity (Wildman–Crippen MR) is 59.1 cm³/mol. The van der Waals surface area contributed by atoms with E-state index in [1.807, 2.05) is 6.07 Å². The largest absolute Gasteiger partial charge is 0.508 e. The molecule has 1 aromatic heterocycles. The molecule has 1 aliphatic rings. The molecular weight excluding hydrogens is 188 g/mol. The summed E-state index contributed by atoms with van der Waals surface area (Å²) in [6.45, 7) is 0. The monoisotopic (exact) mass is 202 g/mol. The normalized spacial score (nSPS) is 17.6. The second kappa shape index (κ2) is 3.30. The van der Waals surface area contributed by atoms with Gasteiger partial charge >= 0.3 is 0 Å². The Balaban J connectivity index is 2.05. The number of benzene rings is 1. The van der Waals surface area contributed by atoms with Crippen LogP contribution >= 0.6 is 0 Å². The fourth-order valence-corrected chi connectivity index (χ4v) is 2.46. The van der Waals surface area contributed by atoms with Crippen molar-refractivity contribution in [2.75, 3.05) is 0 Å². The molecule has 0 unspecified atom stereocenters. The molecule has 1 N–H and O–H groups in total. The summed E-state index contributed by atoms with van der Waals surface area (Å²) in [5.74, 6) is 1.99. The first-order chi connectivity index (χ1) is 7.33. The number of hydrogen-bond acceptors (Lipinski definition) is 2. The van der Waals surface area contributed by atoms with Gasteiger partial charge in [-0.05, 0) is 37.1 Å². The molecular formula is C13H14O2. The van der Waals surface area contributed by atoms with Crippen molar-refractivity contribution in [2.24, 2.45) is 0 Å². The second-order valence-electron chi connectivity index (χ2n) is 4.35. The Bertz CT molecular complexity index is 478. The van der Waals surface area contributed by atoms with E-state index in [0.29, 0.717) is 11.7 Å². The highest BCUT2D eigenvalue weighted by molar-refractivity contribution is 5.79. The molecule has 15 heavy (non-hydrogen) atoms. The molecule has 1 saturated carbocycles. The van der Waals surface area contributed by atoms with Gasteiger partial charge in [-0.3, -0.25) is 0 Å². The Morgan fingerprint density at radius 2 is 1.93 bits per heavy atom. The van der Waals surface area contributed by atoms with E-state index in [-0.39, 0.29) is 0 Å². The Hall–Kier alpha value is -1.44. The van der Waals surface area contributed by atoms with Crippen LogP contribution in [-0.2, 0) is 0 Å². The minimum absolute atomic E-state index is 0.307. The number of rotatable bonds is 1. The molecule has 2 heteroatoms. The summed E-state index contributed by atoms with van der Waals surface area (Å²) in [7, 11) is 0. The topological polar surface area (TPSA) is 33.4 Å². The standard InChI is InChI=1S/C13H14O2/c14-11-5-6-12-10(7-11)8-13(15-12)9-3-1-2-4-9/h5-9,14H,1-4H2. The first-order valence-electron chi connectivity index (χ1n) is 5.55. The van der Waals surface area contributed by atoms with Gasteiger partial charge in [-0.15, -0.1) is 0 Å². The zero-order valence-electron chi connectivity index (χ0n) is 8.57. The smallest absolute Gasteiger partial charge is 0.134 e. The van der Waals surface area contributed by atoms with Gasteiger partial charge in [-0.25, -0.2) is 0 Å². The number of aromatic hydroxyl groups is 1. The number of phenols is 1.